The largest absolute Gasteiger partial charge is 0.342 e. The van der Waals surface area contributed by atoms with E-state index in [0.29, 0.717) is 22.8 Å². The van der Waals surface area contributed by atoms with Gasteiger partial charge in [-0.2, -0.15) is 0 Å². The Bertz CT molecular complexity index is 557. The zero-order chi connectivity index (χ0) is 14.5. The topological polar surface area (TPSA) is 61.8 Å². The molecule has 1 aliphatic rings. The van der Waals surface area contributed by atoms with Crippen LogP contribution >= 0.6 is 11.8 Å². The van der Waals surface area contributed by atoms with E-state index in [1.165, 1.54) is 11.8 Å². The minimum atomic E-state index is -0.230. The molecule has 2 rings (SSSR count). The van der Waals surface area contributed by atoms with Gasteiger partial charge in [-0.1, -0.05) is 17.8 Å². The van der Waals surface area contributed by atoms with Crippen LogP contribution in [0, 0.1) is 0 Å². The number of thioether (sulfide) groups is 1. The lowest BCUT2D eigenvalue weighted by atomic mass is 10.1. The fraction of sp³-hybridized carbons (Fsp3) is 0.357. The summed E-state index contributed by atoms with van der Waals surface area (Å²) in [6.45, 7) is 3.27. The quantitative estimate of drug-likeness (QED) is 0.920. The Morgan fingerprint density at radius 2 is 2.15 bits per heavy atom. The van der Waals surface area contributed by atoms with Crippen LogP contribution in [0.3, 0.4) is 0 Å². The number of rotatable bonds is 3. The summed E-state index contributed by atoms with van der Waals surface area (Å²) in [5.41, 5.74) is 0.985. The molecule has 0 unspecified atom stereocenters. The predicted molar refractivity (Wildman–Crippen MR) is 81.3 cm³/mol. The molecule has 0 aromatic heterocycles. The van der Waals surface area contributed by atoms with Crippen LogP contribution in [0.25, 0.3) is 0 Å². The van der Waals surface area contributed by atoms with Gasteiger partial charge in [0.25, 0.3) is 11.8 Å². The van der Waals surface area contributed by atoms with Gasteiger partial charge in [0, 0.05) is 30.5 Å². The lowest BCUT2D eigenvalue weighted by molar-refractivity contribution is 0.0802. The van der Waals surface area contributed by atoms with Gasteiger partial charge in [0.1, 0.15) is 0 Å². The number of aliphatic imine (C=N–C) groups is 1. The summed E-state index contributed by atoms with van der Waals surface area (Å²) in [6.07, 6.45) is 0. The standard InChI is InChI=1S/C14H17N3O2S/c1-3-17(2)13(19)11-6-4-5-10(9-11)12(18)16-14-15-7-8-20-14/h4-6,9H,3,7-8H2,1-2H3,(H,15,16,18). The third-order valence-electron chi connectivity index (χ3n) is 3.00. The highest BCUT2D eigenvalue weighted by molar-refractivity contribution is 8.14. The van der Waals surface area contributed by atoms with Gasteiger partial charge in [0.05, 0.1) is 6.54 Å². The van der Waals surface area contributed by atoms with Gasteiger partial charge < -0.3 is 10.2 Å². The Kier molecular flexibility index (Phi) is 4.79. The van der Waals surface area contributed by atoms with Crippen LogP contribution in [-0.2, 0) is 0 Å². The molecule has 1 heterocycles. The molecule has 2 amide bonds. The minimum absolute atomic E-state index is 0.0882. The highest BCUT2D eigenvalue weighted by Crippen LogP contribution is 2.12. The number of hydrogen-bond donors (Lipinski definition) is 1. The first-order chi connectivity index (χ1) is 9.61. The highest BCUT2D eigenvalue weighted by Gasteiger charge is 2.15. The molecule has 1 aromatic rings. The summed E-state index contributed by atoms with van der Waals surface area (Å²) in [5, 5.41) is 3.40. The number of benzene rings is 1. The van der Waals surface area contributed by atoms with E-state index in [1.54, 1.807) is 36.2 Å². The number of nitrogens with zero attached hydrogens (tertiary/aromatic N) is 2. The Morgan fingerprint density at radius 3 is 2.80 bits per heavy atom. The first-order valence-corrected chi connectivity index (χ1v) is 7.44. The number of hydrogen-bond acceptors (Lipinski definition) is 4. The molecule has 106 valence electrons. The normalized spacial score (nSPS) is 13.8. The average molecular weight is 291 g/mol. The predicted octanol–water partition coefficient (Wildman–Crippen LogP) is 1.61. The molecular formula is C14H17N3O2S. The zero-order valence-corrected chi connectivity index (χ0v) is 12.4. The molecule has 0 radical (unpaired) electrons. The van der Waals surface area contributed by atoms with Crippen molar-refractivity contribution in [1.82, 2.24) is 10.2 Å². The molecule has 0 atom stereocenters. The summed E-state index contributed by atoms with van der Waals surface area (Å²) in [6, 6.07) is 6.74. The van der Waals surface area contributed by atoms with Crippen molar-refractivity contribution in [3.05, 3.63) is 35.4 Å². The fourth-order valence-corrected chi connectivity index (χ4v) is 2.46. The van der Waals surface area contributed by atoms with Crippen LogP contribution in [0.4, 0.5) is 0 Å². The average Bonchev–Trinajstić information content (AvgIpc) is 2.98. The van der Waals surface area contributed by atoms with Crippen molar-refractivity contribution >= 4 is 28.7 Å². The van der Waals surface area contributed by atoms with E-state index in [-0.39, 0.29) is 11.8 Å². The molecule has 1 N–H and O–H groups in total. The van der Waals surface area contributed by atoms with Crippen molar-refractivity contribution in [1.29, 1.82) is 0 Å². The van der Waals surface area contributed by atoms with Crippen molar-refractivity contribution in [2.75, 3.05) is 25.9 Å². The maximum absolute atomic E-state index is 12.1. The number of carbonyl (C=O) groups excluding carboxylic acids is 2. The number of carbonyl (C=O) groups is 2. The van der Waals surface area contributed by atoms with Gasteiger partial charge in [-0.05, 0) is 25.1 Å². The summed E-state index contributed by atoms with van der Waals surface area (Å²) in [7, 11) is 1.74. The monoisotopic (exact) mass is 291 g/mol. The third-order valence-corrected chi connectivity index (χ3v) is 3.89. The molecule has 1 aromatic carbocycles. The third kappa shape index (κ3) is 3.39. The maximum Gasteiger partial charge on any atom is 0.257 e. The van der Waals surface area contributed by atoms with Gasteiger partial charge in [-0.15, -0.1) is 0 Å². The second kappa shape index (κ2) is 6.56. The second-order valence-electron chi connectivity index (χ2n) is 4.39. The first kappa shape index (κ1) is 14.6. The van der Waals surface area contributed by atoms with Crippen molar-refractivity contribution in [2.45, 2.75) is 6.92 Å². The van der Waals surface area contributed by atoms with Gasteiger partial charge in [0.2, 0.25) is 0 Å². The maximum atomic E-state index is 12.1. The molecule has 6 heteroatoms. The van der Waals surface area contributed by atoms with Crippen molar-refractivity contribution < 1.29 is 9.59 Å². The van der Waals surface area contributed by atoms with E-state index in [4.69, 9.17) is 0 Å². The van der Waals surface area contributed by atoms with Crippen LogP contribution in [0.15, 0.2) is 29.3 Å². The lowest BCUT2D eigenvalue weighted by Crippen LogP contribution is -2.29. The van der Waals surface area contributed by atoms with Gasteiger partial charge in [0.15, 0.2) is 5.17 Å². The number of amides is 2. The number of nitrogens with one attached hydrogen (secondary N) is 1. The number of amidine groups is 1. The van der Waals surface area contributed by atoms with Crippen molar-refractivity contribution in [3.8, 4) is 0 Å². The van der Waals surface area contributed by atoms with E-state index in [0.717, 1.165) is 12.3 Å². The molecular weight excluding hydrogens is 274 g/mol. The molecule has 0 saturated heterocycles. The van der Waals surface area contributed by atoms with E-state index < -0.39 is 0 Å². The van der Waals surface area contributed by atoms with Crippen LogP contribution in [0.2, 0.25) is 0 Å². The summed E-state index contributed by atoms with van der Waals surface area (Å²) in [5.74, 6) is 0.580. The highest BCUT2D eigenvalue weighted by atomic mass is 32.2. The fourth-order valence-electron chi connectivity index (χ4n) is 1.74. The summed E-state index contributed by atoms with van der Waals surface area (Å²) >= 11 is 1.53. The minimum Gasteiger partial charge on any atom is -0.342 e. The van der Waals surface area contributed by atoms with E-state index in [2.05, 4.69) is 10.3 Å². The molecule has 0 spiro atoms. The van der Waals surface area contributed by atoms with Crippen LogP contribution in [0.5, 0.6) is 0 Å². The molecule has 5 nitrogen and oxygen atoms in total. The van der Waals surface area contributed by atoms with E-state index in [9.17, 15) is 9.59 Å². The van der Waals surface area contributed by atoms with Crippen LogP contribution < -0.4 is 5.32 Å². The lowest BCUT2D eigenvalue weighted by Gasteiger charge is -2.14. The van der Waals surface area contributed by atoms with Gasteiger partial charge in [-0.3, -0.25) is 14.6 Å². The SMILES string of the molecule is CCN(C)C(=O)c1cccc(C(=O)NC2=NCCS2)c1. The van der Waals surface area contributed by atoms with Crippen LogP contribution in [0.1, 0.15) is 27.6 Å². The molecule has 0 fully saturated rings. The Hall–Kier alpha value is -1.82. The van der Waals surface area contributed by atoms with E-state index >= 15 is 0 Å². The second-order valence-corrected chi connectivity index (χ2v) is 5.47. The zero-order valence-electron chi connectivity index (χ0n) is 11.5. The smallest absolute Gasteiger partial charge is 0.257 e. The molecule has 0 aliphatic carbocycles. The van der Waals surface area contributed by atoms with Gasteiger partial charge >= 0.3 is 0 Å². The van der Waals surface area contributed by atoms with Crippen molar-refractivity contribution in [3.63, 3.8) is 0 Å². The first-order valence-electron chi connectivity index (χ1n) is 6.46. The molecule has 20 heavy (non-hydrogen) atoms. The van der Waals surface area contributed by atoms with E-state index in [1.807, 2.05) is 6.92 Å². The molecule has 1 aliphatic heterocycles. The van der Waals surface area contributed by atoms with Crippen LogP contribution in [-0.4, -0.2) is 47.8 Å². The molecule has 0 saturated carbocycles. The Labute approximate surface area is 122 Å². The Morgan fingerprint density at radius 1 is 1.40 bits per heavy atom. The summed E-state index contributed by atoms with van der Waals surface area (Å²) < 4.78 is 0. The summed E-state index contributed by atoms with van der Waals surface area (Å²) in [4.78, 5) is 29.9. The van der Waals surface area contributed by atoms with Gasteiger partial charge in [-0.25, -0.2) is 0 Å². The van der Waals surface area contributed by atoms with Crippen molar-refractivity contribution in [2.24, 2.45) is 4.99 Å². The Balaban J connectivity index is 2.12. The molecule has 0 bridgehead atoms.